The molecule has 7 heteroatoms. The van der Waals surface area contributed by atoms with Gasteiger partial charge in [-0.3, -0.25) is 0 Å². The summed E-state index contributed by atoms with van der Waals surface area (Å²) in [6.07, 6.45) is 0. The second-order valence-corrected chi connectivity index (χ2v) is 4.48. The van der Waals surface area contributed by atoms with Crippen LogP contribution in [0.2, 0.25) is 0 Å². The van der Waals surface area contributed by atoms with Crippen molar-refractivity contribution < 1.29 is 0 Å². The summed E-state index contributed by atoms with van der Waals surface area (Å²) in [6, 6.07) is 0. The summed E-state index contributed by atoms with van der Waals surface area (Å²) in [4.78, 5) is 4.40. The lowest BCUT2D eigenvalue weighted by Crippen LogP contribution is -2.03. The first-order chi connectivity index (χ1) is 7.18. The molecule has 1 unspecified atom stereocenters. The third-order valence-corrected chi connectivity index (χ3v) is 3.11. The number of tetrazole rings is 1. The summed E-state index contributed by atoms with van der Waals surface area (Å²) in [5.41, 5.74) is 0. The van der Waals surface area contributed by atoms with E-state index in [2.05, 4.69) is 50.8 Å². The van der Waals surface area contributed by atoms with Gasteiger partial charge in [0.2, 0.25) is 5.82 Å². The van der Waals surface area contributed by atoms with Crippen molar-refractivity contribution in [2.24, 2.45) is 5.92 Å². The van der Waals surface area contributed by atoms with Crippen molar-refractivity contribution in [2.75, 3.05) is 0 Å². The summed E-state index contributed by atoms with van der Waals surface area (Å²) < 4.78 is 4.30. The molecule has 6 nitrogen and oxygen atoms in total. The van der Waals surface area contributed by atoms with Crippen molar-refractivity contribution in [2.45, 2.75) is 26.7 Å². The van der Waals surface area contributed by atoms with Crippen LogP contribution in [0.15, 0.2) is 0 Å². The summed E-state index contributed by atoms with van der Waals surface area (Å²) in [7, 11) is 0. The molecule has 15 heavy (non-hydrogen) atoms. The van der Waals surface area contributed by atoms with Crippen molar-refractivity contribution in [1.82, 2.24) is 30.0 Å². The van der Waals surface area contributed by atoms with Gasteiger partial charge in [-0.25, -0.2) is 4.98 Å². The molecule has 0 amide bonds. The molecule has 2 heterocycles. The first-order valence-corrected chi connectivity index (χ1v) is 5.53. The van der Waals surface area contributed by atoms with Crippen LogP contribution in [0.4, 0.5) is 0 Å². The highest BCUT2D eigenvalue weighted by Gasteiger charge is 2.17. The number of hydrogen-bond donors (Lipinski definition) is 1. The first kappa shape index (κ1) is 10.2. The van der Waals surface area contributed by atoms with Gasteiger partial charge in [-0.2, -0.15) is 9.59 Å². The van der Waals surface area contributed by atoms with Gasteiger partial charge < -0.3 is 0 Å². The van der Waals surface area contributed by atoms with E-state index in [9.17, 15) is 0 Å². The molecule has 80 valence electrons. The third-order valence-electron chi connectivity index (χ3n) is 2.39. The molecule has 2 aromatic heterocycles. The molecule has 1 N–H and O–H groups in total. The molecule has 0 aliphatic carbocycles. The minimum atomic E-state index is 0.349. The standard InChI is InChI=1S/C8H12N6S/c1-4(2)5(3)6-9-8(15-12-6)7-10-13-14-11-7/h4-5H,1-3H3,(H,10,11,13,14). The van der Waals surface area contributed by atoms with Gasteiger partial charge in [0.25, 0.3) is 0 Å². The Hall–Kier alpha value is -1.37. The minimum absolute atomic E-state index is 0.349. The second-order valence-electron chi connectivity index (χ2n) is 3.73. The van der Waals surface area contributed by atoms with Crippen LogP contribution in [0.3, 0.4) is 0 Å². The van der Waals surface area contributed by atoms with Crippen LogP contribution in [0.25, 0.3) is 10.8 Å². The Morgan fingerprint density at radius 1 is 1.27 bits per heavy atom. The van der Waals surface area contributed by atoms with Gasteiger partial charge in [0.15, 0.2) is 5.01 Å². The van der Waals surface area contributed by atoms with Crippen LogP contribution in [0.1, 0.15) is 32.5 Å². The molecule has 0 aliphatic heterocycles. The molecule has 0 aromatic carbocycles. The largest absolute Gasteiger partial charge is 0.234 e. The van der Waals surface area contributed by atoms with E-state index in [0.29, 0.717) is 22.7 Å². The highest BCUT2D eigenvalue weighted by molar-refractivity contribution is 7.09. The molecule has 0 bridgehead atoms. The lowest BCUT2D eigenvalue weighted by Gasteiger charge is -2.10. The number of aromatic nitrogens is 6. The van der Waals surface area contributed by atoms with Crippen molar-refractivity contribution in [3.63, 3.8) is 0 Å². The number of rotatable bonds is 3. The second kappa shape index (κ2) is 4.01. The van der Waals surface area contributed by atoms with Crippen LogP contribution < -0.4 is 0 Å². The van der Waals surface area contributed by atoms with Gasteiger partial charge in [0, 0.05) is 5.92 Å². The number of nitrogens with zero attached hydrogens (tertiary/aromatic N) is 5. The van der Waals surface area contributed by atoms with Crippen LogP contribution in [0, 0.1) is 5.92 Å². The van der Waals surface area contributed by atoms with Gasteiger partial charge in [0.1, 0.15) is 5.82 Å². The molecular formula is C8H12N6S. The fourth-order valence-electron chi connectivity index (χ4n) is 1.06. The van der Waals surface area contributed by atoms with Crippen molar-refractivity contribution >= 4 is 11.5 Å². The van der Waals surface area contributed by atoms with E-state index in [0.717, 1.165) is 5.82 Å². The Bertz CT molecular complexity index is 420. The third kappa shape index (κ3) is 2.01. The predicted octanol–water partition coefficient (Wildman–Crippen LogP) is 1.48. The molecule has 0 radical (unpaired) electrons. The molecule has 0 saturated heterocycles. The Morgan fingerprint density at radius 3 is 2.67 bits per heavy atom. The number of hydrogen-bond acceptors (Lipinski definition) is 6. The van der Waals surface area contributed by atoms with E-state index in [1.165, 1.54) is 11.5 Å². The van der Waals surface area contributed by atoms with Crippen molar-refractivity contribution in [3.8, 4) is 10.8 Å². The van der Waals surface area contributed by atoms with Crippen LogP contribution in [-0.2, 0) is 0 Å². The lowest BCUT2D eigenvalue weighted by atomic mass is 9.98. The molecule has 1 atom stereocenters. The Kier molecular flexibility index (Phi) is 2.72. The van der Waals surface area contributed by atoms with E-state index < -0.39 is 0 Å². The van der Waals surface area contributed by atoms with Crippen LogP contribution >= 0.6 is 11.5 Å². The van der Waals surface area contributed by atoms with E-state index >= 15 is 0 Å². The Balaban J connectivity index is 2.25. The Labute approximate surface area is 91.3 Å². The van der Waals surface area contributed by atoms with Gasteiger partial charge >= 0.3 is 0 Å². The topological polar surface area (TPSA) is 80.2 Å². The smallest absolute Gasteiger partial charge is 0.216 e. The monoisotopic (exact) mass is 224 g/mol. The lowest BCUT2D eigenvalue weighted by molar-refractivity contribution is 0.516. The van der Waals surface area contributed by atoms with Gasteiger partial charge in [-0.05, 0) is 22.7 Å². The molecule has 2 rings (SSSR count). The number of aromatic amines is 1. The fourth-order valence-corrected chi connectivity index (χ4v) is 1.75. The predicted molar refractivity (Wildman–Crippen MR) is 56.3 cm³/mol. The van der Waals surface area contributed by atoms with E-state index in [-0.39, 0.29) is 0 Å². The molecule has 2 aromatic rings. The zero-order valence-corrected chi connectivity index (χ0v) is 9.62. The van der Waals surface area contributed by atoms with Crippen LogP contribution in [0.5, 0.6) is 0 Å². The number of H-pyrrole nitrogens is 1. The zero-order chi connectivity index (χ0) is 10.8. The van der Waals surface area contributed by atoms with Crippen LogP contribution in [-0.4, -0.2) is 30.0 Å². The van der Waals surface area contributed by atoms with E-state index in [4.69, 9.17) is 0 Å². The maximum Gasteiger partial charge on any atom is 0.234 e. The molecule has 0 spiro atoms. The molecule has 0 fully saturated rings. The maximum absolute atomic E-state index is 4.40. The molecule has 0 saturated carbocycles. The van der Waals surface area contributed by atoms with Crippen molar-refractivity contribution in [3.05, 3.63) is 5.82 Å². The van der Waals surface area contributed by atoms with Gasteiger partial charge in [-0.15, -0.1) is 10.2 Å². The maximum atomic E-state index is 4.40. The highest BCUT2D eigenvalue weighted by atomic mass is 32.1. The highest BCUT2D eigenvalue weighted by Crippen LogP contribution is 2.25. The van der Waals surface area contributed by atoms with Gasteiger partial charge in [0.05, 0.1) is 0 Å². The average molecular weight is 224 g/mol. The summed E-state index contributed by atoms with van der Waals surface area (Å²) in [5, 5.41) is 14.3. The van der Waals surface area contributed by atoms with Crippen molar-refractivity contribution in [1.29, 1.82) is 0 Å². The minimum Gasteiger partial charge on any atom is -0.216 e. The quantitative estimate of drug-likeness (QED) is 0.854. The summed E-state index contributed by atoms with van der Waals surface area (Å²) >= 11 is 1.31. The number of nitrogens with one attached hydrogen (secondary N) is 1. The normalized spacial score (nSPS) is 13.3. The SMILES string of the molecule is CC(C)C(C)c1nsc(-c2nn[nH]n2)n1. The molecular weight excluding hydrogens is 212 g/mol. The summed E-state index contributed by atoms with van der Waals surface area (Å²) in [5.74, 6) is 2.24. The van der Waals surface area contributed by atoms with E-state index in [1.54, 1.807) is 0 Å². The first-order valence-electron chi connectivity index (χ1n) is 4.76. The van der Waals surface area contributed by atoms with E-state index in [1.807, 2.05) is 0 Å². The van der Waals surface area contributed by atoms with Gasteiger partial charge in [-0.1, -0.05) is 20.8 Å². The zero-order valence-electron chi connectivity index (χ0n) is 8.80. The summed E-state index contributed by atoms with van der Waals surface area (Å²) in [6.45, 7) is 6.42. The average Bonchev–Trinajstić information content (AvgIpc) is 2.86. The Morgan fingerprint density at radius 2 is 2.07 bits per heavy atom. The molecule has 0 aliphatic rings. The fraction of sp³-hybridized carbons (Fsp3) is 0.625.